The van der Waals surface area contributed by atoms with E-state index in [1.54, 1.807) is 4.90 Å². The van der Waals surface area contributed by atoms with Gasteiger partial charge < -0.3 is 10.2 Å². The number of hydrogen-bond donors (Lipinski definition) is 1. The standard InChI is InChI=1S/C27H35N3O3/c1-19(31)17-28-26(32)18-30(27(33)22-9-5-10-22)23-13-15-29(16-14-23)20(2)24-12-6-8-21-7-3-4-11-25(21)24/h3-4,6-8,11-12,20,22-23H,5,9-10,13-18H2,1-2H3,(H,28,32). The molecule has 1 heterocycles. The van der Waals surface area contributed by atoms with Gasteiger partial charge in [0.2, 0.25) is 11.8 Å². The minimum Gasteiger partial charge on any atom is -0.347 e. The molecule has 1 unspecified atom stereocenters. The van der Waals surface area contributed by atoms with Crippen molar-refractivity contribution >= 4 is 28.4 Å². The van der Waals surface area contributed by atoms with E-state index < -0.39 is 0 Å². The molecule has 1 aliphatic carbocycles. The number of benzene rings is 2. The van der Waals surface area contributed by atoms with E-state index in [2.05, 4.69) is 59.6 Å². The molecule has 0 radical (unpaired) electrons. The predicted octanol–water partition coefficient (Wildman–Crippen LogP) is 3.70. The molecule has 2 fully saturated rings. The fourth-order valence-corrected chi connectivity index (χ4v) is 5.11. The van der Waals surface area contributed by atoms with Gasteiger partial charge >= 0.3 is 0 Å². The minimum atomic E-state index is -0.246. The zero-order valence-electron chi connectivity index (χ0n) is 19.8. The number of fused-ring (bicyclic) bond motifs is 1. The Labute approximate surface area is 196 Å². The van der Waals surface area contributed by atoms with Crippen LogP contribution in [0, 0.1) is 5.92 Å². The number of hydrogen-bond acceptors (Lipinski definition) is 4. The molecule has 1 saturated heterocycles. The second-order valence-corrected chi connectivity index (χ2v) is 9.58. The molecule has 2 aromatic carbocycles. The number of nitrogens with zero attached hydrogens (tertiary/aromatic N) is 2. The van der Waals surface area contributed by atoms with Crippen molar-refractivity contribution in [3.05, 3.63) is 48.0 Å². The molecule has 1 atom stereocenters. The van der Waals surface area contributed by atoms with Gasteiger partial charge in [0.05, 0.1) is 13.1 Å². The zero-order valence-corrected chi connectivity index (χ0v) is 19.8. The Morgan fingerprint density at radius 3 is 2.39 bits per heavy atom. The number of Topliss-reactive ketones (excluding diaryl/α,β-unsaturated/α-hetero) is 1. The van der Waals surface area contributed by atoms with Crippen LogP contribution in [0.5, 0.6) is 0 Å². The Hall–Kier alpha value is -2.73. The summed E-state index contributed by atoms with van der Waals surface area (Å²) in [6.07, 6.45) is 4.63. The first-order valence-corrected chi connectivity index (χ1v) is 12.2. The van der Waals surface area contributed by atoms with Crippen molar-refractivity contribution in [2.24, 2.45) is 5.92 Å². The average Bonchev–Trinajstić information content (AvgIpc) is 2.79. The van der Waals surface area contributed by atoms with E-state index in [9.17, 15) is 14.4 Å². The summed E-state index contributed by atoms with van der Waals surface area (Å²) in [5.41, 5.74) is 1.33. The summed E-state index contributed by atoms with van der Waals surface area (Å²) in [7, 11) is 0. The van der Waals surface area contributed by atoms with Crippen LogP contribution in [-0.2, 0) is 14.4 Å². The van der Waals surface area contributed by atoms with Gasteiger partial charge in [0.1, 0.15) is 5.78 Å². The molecule has 0 bridgehead atoms. The molecule has 0 spiro atoms. The maximum Gasteiger partial charge on any atom is 0.240 e. The van der Waals surface area contributed by atoms with Crippen molar-refractivity contribution in [2.75, 3.05) is 26.2 Å². The quantitative estimate of drug-likeness (QED) is 0.667. The normalized spacial score (nSPS) is 18.5. The number of nitrogens with one attached hydrogen (secondary N) is 1. The summed E-state index contributed by atoms with van der Waals surface area (Å²) >= 11 is 0. The van der Waals surface area contributed by atoms with Gasteiger partial charge in [0, 0.05) is 31.1 Å². The summed E-state index contributed by atoms with van der Waals surface area (Å²) in [6, 6.07) is 15.3. The molecule has 2 amide bonds. The van der Waals surface area contributed by atoms with Crippen LogP contribution in [0.1, 0.15) is 57.6 Å². The molecule has 6 heteroatoms. The van der Waals surface area contributed by atoms with E-state index in [0.717, 1.165) is 45.2 Å². The van der Waals surface area contributed by atoms with E-state index in [0.29, 0.717) is 0 Å². The number of amides is 2. The highest BCUT2D eigenvalue weighted by Gasteiger charge is 2.36. The molecule has 4 rings (SSSR count). The lowest BCUT2D eigenvalue weighted by molar-refractivity contribution is -0.145. The molecule has 6 nitrogen and oxygen atoms in total. The van der Waals surface area contributed by atoms with Gasteiger partial charge in [-0.15, -0.1) is 0 Å². The highest BCUT2D eigenvalue weighted by atomic mass is 16.2. The lowest BCUT2D eigenvalue weighted by Crippen LogP contribution is -2.53. The predicted molar refractivity (Wildman–Crippen MR) is 130 cm³/mol. The Kier molecular flexibility index (Phi) is 7.43. The SMILES string of the molecule is CC(=O)CNC(=O)CN(C(=O)C1CCC1)C1CCN(C(C)c2cccc3ccccc23)CC1. The van der Waals surface area contributed by atoms with Crippen molar-refractivity contribution in [3.63, 3.8) is 0 Å². The molecule has 1 saturated carbocycles. The maximum atomic E-state index is 13.1. The van der Waals surface area contributed by atoms with Crippen molar-refractivity contribution in [3.8, 4) is 0 Å². The molecule has 1 aliphatic heterocycles. The van der Waals surface area contributed by atoms with E-state index >= 15 is 0 Å². The van der Waals surface area contributed by atoms with Crippen LogP contribution in [0.15, 0.2) is 42.5 Å². The van der Waals surface area contributed by atoms with Crippen LogP contribution in [-0.4, -0.2) is 59.6 Å². The highest BCUT2D eigenvalue weighted by Crippen LogP contribution is 2.33. The average molecular weight is 450 g/mol. The highest BCUT2D eigenvalue weighted by molar-refractivity contribution is 5.89. The summed E-state index contributed by atoms with van der Waals surface area (Å²) in [5.74, 6) is -0.168. The topological polar surface area (TPSA) is 69.7 Å². The lowest BCUT2D eigenvalue weighted by Gasteiger charge is -2.42. The Bertz CT molecular complexity index is 1000. The summed E-state index contributed by atoms with van der Waals surface area (Å²) in [5, 5.41) is 5.20. The molecular formula is C27H35N3O3. The van der Waals surface area contributed by atoms with Gasteiger partial charge in [-0.2, -0.15) is 0 Å². The minimum absolute atomic E-state index is 0.0191. The van der Waals surface area contributed by atoms with E-state index in [-0.39, 0.29) is 48.7 Å². The van der Waals surface area contributed by atoms with Crippen LogP contribution < -0.4 is 5.32 Å². The molecule has 2 aliphatic rings. The van der Waals surface area contributed by atoms with Gasteiger partial charge in [-0.05, 0) is 55.9 Å². The number of likely N-dealkylation sites (tertiary alicyclic amines) is 1. The van der Waals surface area contributed by atoms with Crippen molar-refractivity contribution in [2.45, 2.75) is 58.0 Å². The van der Waals surface area contributed by atoms with E-state index in [1.807, 2.05) is 0 Å². The van der Waals surface area contributed by atoms with Gasteiger partial charge in [0.15, 0.2) is 0 Å². The number of carbonyl (C=O) groups excluding carboxylic acids is 3. The number of carbonyl (C=O) groups is 3. The molecule has 33 heavy (non-hydrogen) atoms. The second-order valence-electron chi connectivity index (χ2n) is 9.58. The Morgan fingerprint density at radius 2 is 1.73 bits per heavy atom. The Balaban J connectivity index is 1.42. The second kappa shape index (κ2) is 10.5. The largest absolute Gasteiger partial charge is 0.347 e. The van der Waals surface area contributed by atoms with Crippen molar-refractivity contribution in [1.29, 1.82) is 0 Å². The summed E-state index contributed by atoms with van der Waals surface area (Å²) in [6.45, 7) is 5.55. The Morgan fingerprint density at radius 1 is 1.03 bits per heavy atom. The number of ketones is 1. The zero-order chi connectivity index (χ0) is 23.4. The van der Waals surface area contributed by atoms with Crippen molar-refractivity contribution < 1.29 is 14.4 Å². The molecule has 0 aromatic heterocycles. The van der Waals surface area contributed by atoms with Gasteiger partial charge in [0.25, 0.3) is 0 Å². The van der Waals surface area contributed by atoms with Gasteiger partial charge in [-0.3, -0.25) is 19.3 Å². The molecule has 176 valence electrons. The smallest absolute Gasteiger partial charge is 0.240 e. The first-order chi connectivity index (χ1) is 15.9. The molecule has 1 N–H and O–H groups in total. The number of piperidine rings is 1. The van der Waals surface area contributed by atoms with Crippen LogP contribution >= 0.6 is 0 Å². The first kappa shape index (κ1) is 23.4. The van der Waals surface area contributed by atoms with Crippen molar-refractivity contribution in [1.82, 2.24) is 15.1 Å². The third kappa shape index (κ3) is 5.44. The van der Waals surface area contributed by atoms with Crippen LogP contribution in [0.2, 0.25) is 0 Å². The molecular weight excluding hydrogens is 414 g/mol. The fraction of sp³-hybridized carbons (Fsp3) is 0.519. The fourth-order valence-electron chi connectivity index (χ4n) is 5.11. The maximum absolute atomic E-state index is 13.1. The monoisotopic (exact) mass is 449 g/mol. The van der Waals surface area contributed by atoms with Gasteiger partial charge in [-0.25, -0.2) is 0 Å². The third-order valence-electron chi connectivity index (χ3n) is 7.35. The van der Waals surface area contributed by atoms with Gasteiger partial charge in [-0.1, -0.05) is 48.9 Å². The van der Waals surface area contributed by atoms with E-state index in [4.69, 9.17) is 0 Å². The van der Waals surface area contributed by atoms with Crippen LogP contribution in [0.4, 0.5) is 0 Å². The third-order valence-corrected chi connectivity index (χ3v) is 7.35. The summed E-state index contributed by atoms with van der Waals surface area (Å²) < 4.78 is 0. The molecule has 2 aromatic rings. The van der Waals surface area contributed by atoms with E-state index in [1.165, 1.54) is 23.3 Å². The lowest BCUT2D eigenvalue weighted by atomic mass is 9.83. The number of rotatable bonds is 8. The first-order valence-electron chi connectivity index (χ1n) is 12.2. The van der Waals surface area contributed by atoms with Crippen LogP contribution in [0.3, 0.4) is 0 Å². The van der Waals surface area contributed by atoms with Crippen LogP contribution in [0.25, 0.3) is 10.8 Å². The summed E-state index contributed by atoms with van der Waals surface area (Å²) in [4.78, 5) is 41.1.